The summed E-state index contributed by atoms with van der Waals surface area (Å²) in [5.41, 5.74) is 2.32. The van der Waals surface area contributed by atoms with Crippen molar-refractivity contribution in [2.24, 2.45) is 0 Å². The number of fused-ring (bicyclic) bond motifs is 1. The molecule has 18 heavy (non-hydrogen) atoms. The normalized spacial score (nSPS) is 11.0. The van der Waals surface area contributed by atoms with Gasteiger partial charge in [0.05, 0.1) is 17.5 Å². The van der Waals surface area contributed by atoms with Crippen molar-refractivity contribution < 1.29 is 0 Å². The molecule has 0 saturated carbocycles. The van der Waals surface area contributed by atoms with Gasteiger partial charge in [0.15, 0.2) is 10.8 Å². The maximum atomic E-state index is 5.98. The summed E-state index contributed by atoms with van der Waals surface area (Å²) >= 11 is 7.43. The first-order chi connectivity index (χ1) is 8.78. The molecule has 0 aliphatic heterocycles. The SMILES string of the molecule is CSc1nc(Cl)cc(-c2cnn3cccnc23)n1. The van der Waals surface area contributed by atoms with Crippen LogP contribution in [0.4, 0.5) is 0 Å². The number of hydrogen-bond donors (Lipinski definition) is 0. The zero-order valence-electron chi connectivity index (χ0n) is 9.41. The smallest absolute Gasteiger partial charge is 0.189 e. The highest BCUT2D eigenvalue weighted by Crippen LogP contribution is 2.25. The van der Waals surface area contributed by atoms with E-state index in [-0.39, 0.29) is 0 Å². The van der Waals surface area contributed by atoms with E-state index >= 15 is 0 Å². The summed E-state index contributed by atoms with van der Waals surface area (Å²) in [5.74, 6) is 0. The molecule has 0 amide bonds. The van der Waals surface area contributed by atoms with Crippen LogP contribution in [0.3, 0.4) is 0 Å². The van der Waals surface area contributed by atoms with Crippen LogP contribution in [0.15, 0.2) is 35.9 Å². The topological polar surface area (TPSA) is 56.0 Å². The molecule has 0 atom stereocenters. The van der Waals surface area contributed by atoms with Gasteiger partial charge in [-0.25, -0.2) is 19.5 Å². The first-order valence-electron chi connectivity index (χ1n) is 5.15. The third-order valence-electron chi connectivity index (χ3n) is 2.41. The van der Waals surface area contributed by atoms with E-state index in [1.807, 2.05) is 18.5 Å². The van der Waals surface area contributed by atoms with Crippen molar-refractivity contribution in [3.05, 3.63) is 35.9 Å². The van der Waals surface area contributed by atoms with Crippen LogP contribution in [0.1, 0.15) is 0 Å². The Morgan fingerprint density at radius 1 is 1.33 bits per heavy atom. The molecule has 0 unspecified atom stereocenters. The zero-order valence-corrected chi connectivity index (χ0v) is 11.0. The van der Waals surface area contributed by atoms with Crippen LogP contribution in [-0.2, 0) is 0 Å². The molecule has 7 heteroatoms. The first kappa shape index (κ1) is 11.4. The zero-order chi connectivity index (χ0) is 12.5. The van der Waals surface area contributed by atoms with Gasteiger partial charge in [0.1, 0.15) is 5.15 Å². The van der Waals surface area contributed by atoms with Crippen molar-refractivity contribution in [2.75, 3.05) is 6.26 Å². The van der Waals surface area contributed by atoms with Gasteiger partial charge >= 0.3 is 0 Å². The fourth-order valence-electron chi connectivity index (χ4n) is 1.63. The van der Waals surface area contributed by atoms with E-state index in [1.54, 1.807) is 23.0 Å². The molecule has 90 valence electrons. The van der Waals surface area contributed by atoms with Crippen molar-refractivity contribution >= 4 is 29.0 Å². The number of rotatable bonds is 2. The van der Waals surface area contributed by atoms with Gasteiger partial charge in [0.2, 0.25) is 0 Å². The average Bonchev–Trinajstić information content (AvgIpc) is 2.81. The Labute approximate surface area is 112 Å². The number of nitrogens with zero attached hydrogens (tertiary/aromatic N) is 5. The molecule has 0 aliphatic rings. The minimum absolute atomic E-state index is 0.416. The van der Waals surface area contributed by atoms with E-state index in [0.717, 1.165) is 16.9 Å². The summed E-state index contributed by atoms with van der Waals surface area (Å²) in [6.45, 7) is 0. The molecular formula is C11H8ClN5S. The van der Waals surface area contributed by atoms with Gasteiger partial charge in [-0.3, -0.25) is 0 Å². The molecule has 0 spiro atoms. The van der Waals surface area contributed by atoms with E-state index in [2.05, 4.69) is 20.1 Å². The molecule has 3 aromatic rings. The number of thioether (sulfide) groups is 1. The lowest BCUT2D eigenvalue weighted by Crippen LogP contribution is -1.92. The van der Waals surface area contributed by atoms with Crippen molar-refractivity contribution in [3.63, 3.8) is 0 Å². The standard InChI is InChI=1S/C11H8ClN5S/c1-18-11-15-8(5-9(12)16-11)7-6-14-17-4-2-3-13-10(7)17/h2-6H,1H3. The molecule has 3 aromatic heterocycles. The summed E-state index contributed by atoms with van der Waals surface area (Å²) < 4.78 is 1.70. The Kier molecular flexibility index (Phi) is 2.89. The third-order valence-corrected chi connectivity index (χ3v) is 3.15. The molecule has 3 rings (SSSR count). The predicted molar refractivity (Wildman–Crippen MR) is 70.8 cm³/mol. The van der Waals surface area contributed by atoms with Gasteiger partial charge < -0.3 is 0 Å². The van der Waals surface area contributed by atoms with E-state index in [9.17, 15) is 0 Å². The largest absolute Gasteiger partial charge is 0.236 e. The first-order valence-corrected chi connectivity index (χ1v) is 6.75. The highest BCUT2D eigenvalue weighted by molar-refractivity contribution is 7.98. The molecular weight excluding hydrogens is 270 g/mol. The molecule has 0 radical (unpaired) electrons. The summed E-state index contributed by atoms with van der Waals surface area (Å²) in [7, 11) is 0. The van der Waals surface area contributed by atoms with Gasteiger partial charge in [-0.1, -0.05) is 23.4 Å². The maximum Gasteiger partial charge on any atom is 0.189 e. The quantitative estimate of drug-likeness (QED) is 0.409. The Hall–Kier alpha value is -1.66. The molecule has 0 aromatic carbocycles. The molecule has 0 N–H and O–H groups in total. The van der Waals surface area contributed by atoms with Crippen LogP contribution >= 0.6 is 23.4 Å². The summed E-state index contributed by atoms with van der Waals surface area (Å²) in [4.78, 5) is 12.8. The fourth-order valence-corrected chi connectivity index (χ4v) is 2.25. The summed E-state index contributed by atoms with van der Waals surface area (Å²) in [5, 5.41) is 5.27. The molecule has 3 heterocycles. The van der Waals surface area contributed by atoms with Crippen LogP contribution in [0.5, 0.6) is 0 Å². The minimum atomic E-state index is 0.416. The molecule has 0 saturated heterocycles. The van der Waals surface area contributed by atoms with Crippen molar-refractivity contribution in [1.82, 2.24) is 24.6 Å². The van der Waals surface area contributed by atoms with Gasteiger partial charge in [-0.15, -0.1) is 0 Å². The second-order valence-corrected chi connectivity index (χ2v) is 4.67. The minimum Gasteiger partial charge on any atom is -0.236 e. The van der Waals surface area contributed by atoms with Gasteiger partial charge in [0, 0.05) is 18.5 Å². The van der Waals surface area contributed by atoms with E-state index < -0.39 is 0 Å². The molecule has 5 nitrogen and oxygen atoms in total. The van der Waals surface area contributed by atoms with Crippen LogP contribution in [-0.4, -0.2) is 30.8 Å². The van der Waals surface area contributed by atoms with Crippen LogP contribution < -0.4 is 0 Å². The Balaban J connectivity index is 2.22. The highest BCUT2D eigenvalue weighted by atomic mass is 35.5. The van der Waals surface area contributed by atoms with Crippen LogP contribution in [0.25, 0.3) is 16.9 Å². The average molecular weight is 278 g/mol. The lowest BCUT2D eigenvalue weighted by molar-refractivity contribution is 0.939. The second-order valence-electron chi connectivity index (χ2n) is 3.51. The summed E-state index contributed by atoms with van der Waals surface area (Å²) in [6.07, 6.45) is 7.19. The van der Waals surface area contributed by atoms with Crippen LogP contribution in [0.2, 0.25) is 5.15 Å². The van der Waals surface area contributed by atoms with E-state index in [1.165, 1.54) is 11.8 Å². The highest BCUT2D eigenvalue weighted by Gasteiger charge is 2.11. The second kappa shape index (κ2) is 4.55. The van der Waals surface area contributed by atoms with E-state index in [0.29, 0.717) is 10.3 Å². The van der Waals surface area contributed by atoms with Gasteiger partial charge in [-0.2, -0.15) is 5.10 Å². The molecule has 0 fully saturated rings. The summed E-state index contributed by atoms with van der Waals surface area (Å²) in [6, 6.07) is 3.54. The van der Waals surface area contributed by atoms with Gasteiger partial charge in [0.25, 0.3) is 0 Å². The molecule has 0 bridgehead atoms. The lowest BCUT2D eigenvalue weighted by atomic mass is 10.2. The molecule has 0 aliphatic carbocycles. The van der Waals surface area contributed by atoms with Crippen LogP contribution in [0, 0.1) is 0 Å². The number of hydrogen-bond acceptors (Lipinski definition) is 5. The van der Waals surface area contributed by atoms with Gasteiger partial charge in [-0.05, 0) is 12.3 Å². The Morgan fingerprint density at radius 2 is 2.22 bits per heavy atom. The number of halogens is 1. The Bertz CT molecular complexity index is 711. The Morgan fingerprint density at radius 3 is 3.06 bits per heavy atom. The van der Waals surface area contributed by atoms with E-state index in [4.69, 9.17) is 11.6 Å². The fraction of sp³-hybridized carbons (Fsp3) is 0.0909. The maximum absolute atomic E-state index is 5.98. The third kappa shape index (κ3) is 1.93. The van der Waals surface area contributed by atoms with Crippen molar-refractivity contribution in [3.8, 4) is 11.3 Å². The van der Waals surface area contributed by atoms with Crippen molar-refractivity contribution in [2.45, 2.75) is 5.16 Å². The van der Waals surface area contributed by atoms with Crippen molar-refractivity contribution in [1.29, 1.82) is 0 Å². The monoisotopic (exact) mass is 277 g/mol. The predicted octanol–water partition coefficient (Wildman–Crippen LogP) is 2.56. The lowest BCUT2D eigenvalue weighted by Gasteiger charge is -2.01. The number of aromatic nitrogens is 5.